The number of halogens is 1. The highest BCUT2D eigenvalue weighted by atomic mass is 35.5. The van der Waals surface area contributed by atoms with Crippen LogP contribution >= 0.6 is 11.6 Å². The summed E-state index contributed by atoms with van der Waals surface area (Å²) in [5.41, 5.74) is 7.64. The summed E-state index contributed by atoms with van der Waals surface area (Å²) in [7, 11) is 6.00. The number of hydrogen-bond acceptors (Lipinski definition) is 3. The van der Waals surface area contributed by atoms with Crippen LogP contribution in [0, 0.1) is 0 Å². The molecule has 1 fully saturated rings. The number of hydrogen-bond donors (Lipinski definition) is 1. The minimum absolute atomic E-state index is 0.303. The van der Waals surface area contributed by atoms with E-state index in [1.807, 2.05) is 50.3 Å². The van der Waals surface area contributed by atoms with Crippen molar-refractivity contribution in [3.63, 3.8) is 0 Å². The molecule has 0 spiro atoms. The van der Waals surface area contributed by atoms with E-state index < -0.39 is 0 Å². The second-order valence-electron chi connectivity index (χ2n) is 4.77. The molecule has 1 aromatic carbocycles. The van der Waals surface area contributed by atoms with Gasteiger partial charge in [-0.05, 0) is 51.8 Å². The molecule has 1 aliphatic rings. The molecule has 1 unspecified atom stereocenters. The molecule has 0 bridgehead atoms. The van der Waals surface area contributed by atoms with Gasteiger partial charge in [-0.15, -0.1) is 11.6 Å². The average Bonchev–Trinajstić information content (AvgIpc) is 2.65. The third-order valence-corrected chi connectivity index (χ3v) is 2.75. The van der Waals surface area contributed by atoms with Crippen LogP contribution in [0.4, 0.5) is 11.4 Å². The molecule has 1 saturated heterocycles. The maximum absolute atomic E-state index is 6.02. The number of nitrogen functional groups attached to an aromatic ring is 1. The molecule has 0 aliphatic carbocycles. The predicted octanol–water partition coefficient (Wildman–Crippen LogP) is 2.26. The predicted molar refractivity (Wildman–Crippen MR) is 76.9 cm³/mol. The zero-order valence-corrected chi connectivity index (χ0v) is 11.6. The van der Waals surface area contributed by atoms with Crippen LogP contribution in [0.3, 0.4) is 0 Å². The first kappa shape index (κ1) is 14.1. The van der Waals surface area contributed by atoms with E-state index >= 15 is 0 Å². The molecule has 1 atom stereocenters. The largest absolute Gasteiger partial charge is 0.399 e. The van der Waals surface area contributed by atoms with Crippen molar-refractivity contribution < 1.29 is 0 Å². The topological polar surface area (TPSA) is 32.5 Å². The first-order chi connectivity index (χ1) is 7.99. The Morgan fingerprint density at radius 2 is 1.76 bits per heavy atom. The van der Waals surface area contributed by atoms with E-state index in [9.17, 15) is 0 Å². The van der Waals surface area contributed by atoms with Gasteiger partial charge in [0.05, 0.1) is 5.38 Å². The molecule has 1 aromatic rings. The van der Waals surface area contributed by atoms with Crippen LogP contribution in [0.25, 0.3) is 0 Å². The maximum Gasteiger partial charge on any atom is 0.0528 e. The quantitative estimate of drug-likeness (QED) is 0.617. The summed E-state index contributed by atoms with van der Waals surface area (Å²) < 4.78 is 0. The van der Waals surface area contributed by atoms with Gasteiger partial charge in [0, 0.05) is 24.5 Å². The zero-order chi connectivity index (χ0) is 12.8. The molecule has 0 aromatic heterocycles. The van der Waals surface area contributed by atoms with Gasteiger partial charge in [-0.25, -0.2) is 0 Å². The summed E-state index contributed by atoms with van der Waals surface area (Å²) >= 11 is 6.02. The normalized spacial score (nSPS) is 19.1. The third kappa shape index (κ3) is 5.29. The lowest BCUT2D eigenvalue weighted by atomic mass is 10.2. The molecule has 1 heterocycles. The van der Waals surface area contributed by atoms with Gasteiger partial charge in [0.1, 0.15) is 0 Å². The monoisotopic (exact) mass is 255 g/mol. The Morgan fingerprint density at radius 3 is 2.18 bits per heavy atom. The summed E-state index contributed by atoms with van der Waals surface area (Å²) in [6, 6.07) is 7.95. The number of rotatable bonds is 1. The fourth-order valence-corrected chi connectivity index (χ4v) is 1.90. The molecule has 0 amide bonds. The van der Waals surface area contributed by atoms with E-state index in [-0.39, 0.29) is 0 Å². The molecule has 3 nitrogen and oxygen atoms in total. The molecular formula is C13H22ClN3. The number of nitrogens with two attached hydrogens (primary N) is 1. The summed E-state index contributed by atoms with van der Waals surface area (Å²) in [4.78, 5) is 4.29. The van der Waals surface area contributed by atoms with Crippen molar-refractivity contribution in [3.05, 3.63) is 24.3 Å². The third-order valence-electron chi connectivity index (χ3n) is 2.39. The van der Waals surface area contributed by atoms with Crippen molar-refractivity contribution in [3.8, 4) is 0 Å². The second-order valence-corrected chi connectivity index (χ2v) is 5.38. The number of anilines is 2. The zero-order valence-electron chi connectivity index (χ0n) is 10.9. The van der Waals surface area contributed by atoms with Crippen molar-refractivity contribution in [1.29, 1.82) is 0 Å². The Balaban J connectivity index is 0.000000317. The first-order valence-electron chi connectivity index (χ1n) is 5.84. The summed E-state index contributed by atoms with van der Waals surface area (Å²) in [5, 5.41) is 0.303. The molecule has 0 saturated carbocycles. The minimum atomic E-state index is 0.303. The molecule has 0 radical (unpaired) electrons. The fourth-order valence-electron chi connectivity index (χ4n) is 1.64. The Kier molecular flexibility index (Phi) is 5.59. The first-order valence-corrected chi connectivity index (χ1v) is 6.28. The van der Waals surface area contributed by atoms with Crippen LogP contribution in [0.1, 0.15) is 6.42 Å². The molecule has 1 aliphatic heterocycles. The van der Waals surface area contributed by atoms with Crippen molar-refractivity contribution >= 4 is 23.0 Å². The van der Waals surface area contributed by atoms with Crippen molar-refractivity contribution in [2.75, 3.05) is 44.9 Å². The standard InChI is InChI=1S/C10H13ClN2.C3H9N/c11-8-5-6-13(7-8)10-3-1-9(12)2-4-10;1-4(2)3/h1-4,8H,5-7,12H2;1-3H3. The van der Waals surface area contributed by atoms with E-state index in [1.165, 1.54) is 5.69 Å². The summed E-state index contributed by atoms with van der Waals surface area (Å²) in [6.45, 7) is 2.00. The van der Waals surface area contributed by atoms with E-state index in [0.717, 1.165) is 25.2 Å². The SMILES string of the molecule is CN(C)C.Nc1ccc(N2CCC(Cl)C2)cc1. The van der Waals surface area contributed by atoms with Crippen LogP contribution in [0.5, 0.6) is 0 Å². The smallest absolute Gasteiger partial charge is 0.0528 e. The Hall–Kier alpha value is -0.930. The van der Waals surface area contributed by atoms with Crippen LogP contribution in [-0.2, 0) is 0 Å². The highest BCUT2D eigenvalue weighted by Gasteiger charge is 2.19. The Bertz CT molecular complexity index is 321. The van der Waals surface area contributed by atoms with Gasteiger partial charge in [-0.3, -0.25) is 0 Å². The number of benzene rings is 1. The minimum Gasteiger partial charge on any atom is -0.399 e. The number of alkyl halides is 1. The van der Waals surface area contributed by atoms with E-state index in [4.69, 9.17) is 17.3 Å². The fraction of sp³-hybridized carbons (Fsp3) is 0.538. The maximum atomic E-state index is 6.02. The molecule has 96 valence electrons. The Morgan fingerprint density at radius 1 is 1.24 bits per heavy atom. The average molecular weight is 256 g/mol. The highest BCUT2D eigenvalue weighted by Crippen LogP contribution is 2.23. The second kappa shape index (κ2) is 6.72. The van der Waals surface area contributed by atoms with Crippen molar-refractivity contribution in [2.45, 2.75) is 11.8 Å². The van der Waals surface area contributed by atoms with Gasteiger partial charge in [0.15, 0.2) is 0 Å². The molecular weight excluding hydrogens is 234 g/mol. The van der Waals surface area contributed by atoms with Gasteiger partial charge in [0.25, 0.3) is 0 Å². The molecule has 17 heavy (non-hydrogen) atoms. The van der Waals surface area contributed by atoms with Gasteiger partial charge < -0.3 is 15.5 Å². The van der Waals surface area contributed by atoms with E-state index in [0.29, 0.717) is 5.38 Å². The van der Waals surface area contributed by atoms with Crippen LogP contribution in [0.15, 0.2) is 24.3 Å². The molecule has 2 rings (SSSR count). The van der Waals surface area contributed by atoms with Crippen LogP contribution in [0.2, 0.25) is 0 Å². The summed E-state index contributed by atoms with van der Waals surface area (Å²) in [6.07, 6.45) is 1.08. The molecule has 4 heteroatoms. The van der Waals surface area contributed by atoms with Gasteiger partial charge >= 0.3 is 0 Å². The van der Waals surface area contributed by atoms with Crippen LogP contribution in [-0.4, -0.2) is 44.5 Å². The lowest BCUT2D eigenvalue weighted by molar-refractivity contribution is 0.505. The van der Waals surface area contributed by atoms with E-state index in [1.54, 1.807) is 0 Å². The highest BCUT2D eigenvalue weighted by molar-refractivity contribution is 6.21. The lowest BCUT2D eigenvalue weighted by Gasteiger charge is -2.17. The van der Waals surface area contributed by atoms with E-state index in [2.05, 4.69) is 4.90 Å². The Labute approximate surface area is 109 Å². The summed E-state index contributed by atoms with van der Waals surface area (Å²) in [5.74, 6) is 0. The van der Waals surface area contributed by atoms with Gasteiger partial charge in [-0.1, -0.05) is 0 Å². The van der Waals surface area contributed by atoms with Crippen molar-refractivity contribution in [1.82, 2.24) is 4.90 Å². The lowest BCUT2D eigenvalue weighted by Crippen LogP contribution is -2.19. The van der Waals surface area contributed by atoms with Gasteiger partial charge in [0.2, 0.25) is 0 Å². The van der Waals surface area contributed by atoms with Crippen molar-refractivity contribution in [2.24, 2.45) is 0 Å². The number of nitrogens with zero attached hydrogens (tertiary/aromatic N) is 2. The van der Waals surface area contributed by atoms with Crippen LogP contribution < -0.4 is 10.6 Å². The van der Waals surface area contributed by atoms with Gasteiger partial charge in [-0.2, -0.15) is 0 Å². The molecule has 2 N–H and O–H groups in total.